The molecule has 0 saturated carbocycles. The summed E-state index contributed by atoms with van der Waals surface area (Å²) in [5.74, 6) is -12.2. The van der Waals surface area contributed by atoms with E-state index in [0.717, 1.165) is 4.90 Å². The minimum absolute atomic E-state index is 0.0164. The van der Waals surface area contributed by atoms with Crippen LogP contribution in [-0.4, -0.2) is 79.1 Å². The van der Waals surface area contributed by atoms with Crippen LogP contribution >= 0.6 is 0 Å². The molecule has 0 radical (unpaired) electrons. The minimum Gasteiger partial charge on any atom is -0.492 e. The number of carboxylic acid groups (broad SMARTS) is 1. The molecule has 0 spiro atoms. The summed E-state index contributed by atoms with van der Waals surface area (Å²) in [6.07, 6.45) is -10.8. The van der Waals surface area contributed by atoms with E-state index in [0.29, 0.717) is 11.3 Å². The van der Waals surface area contributed by atoms with Gasteiger partial charge in [0.1, 0.15) is 12.4 Å². The van der Waals surface area contributed by atoms with Crippen molar-refractivity contribution in [1.29, 1.82) is 0 Å². The fourth-order valence-corrected chi connectivity index (χ4v) is 3.27. The van der Waals surface area contributed by atoms with Gasteiger partial charge in [0, 0.05) is 26.0 Å². The number of halogens is 7. The Bertz CT molecular complexity index is 894. The molecule has 0 saturated heterocycles. The van der Waals surface area contributed by atoms with Crippen molar-refractivity contribution < 1.29 is 59.6 Å². The smallest absolute Gasteiger partial charge is 0.459 e. The number of unbranched alkanes of at least 4 members (excludes halogenated alkanes) is 1. The van der Waals surface area contributed by atoms with E-state index < -0.39 is 49.0 Å². The molecule has 0 aliphatic heterocycles. The Kier molecular flexibility index (Phi) is 13.3. The number of carbonyl (C=O) groups excluding carboxylic acids is 1. The van der Waals surface area contributed by atoms with E-state index >= 15 is 0 Å². The maximum atomic E-state index is 13.5. The van der Waals surface area contributed by atoms with E-state index in [1.54, 1.807) is 45.0 Å². The first-order valence-electron chi connectivity index (χ1n) is 12.3. The SMILES string of the molecule is CCOC(Cc1ccc(OCCN(CCCCC(F)(F)C(F)(F)C(F)(F)F)C(=O)OCC(C)C)cc1)C(=O)O. The van der Waals surface area contributed by atoms with Crippen LogP contribution in [0.25, 0.3) is 0 Å². The molecule has 0 aromatic heterocycles. The third-order valence-electron chi connectivity index (χ3n) is 5.40. The zero-order chi connectivity index (χ0) is 29.9. The van der Waals surface area contributed by atoms with Crippen LogP contribution in [0.2, 0.25) is 0 Å². The van der Waals surface area contributed by atoms with Gasteiger partial charge >= 0.3 is 30.1 Å². The molecule has 1 amide bonds. The first-order valence-corrected chi connectivity index (χ1v) is 12.3. The number of amides is 1. The lowest BCUT2D eigenvalue weighted by Gasteiger charge is -2.28. The first kappa shape index (κ1) is 34.3. The summed E-state index contributed by atoms with van der Waals surface area (Å²) in [7, 11) is 0. The van der Waals surface area contributed by atoms with Crippen molar-refractivity contribution in [3.63, 3.8) is 0 Å². The van der Waals surface area contributed by atoms with E-state index in [4.69, 9.17) is 14.2 Å². The molecule has 224 valence electrons. The fraction of sp³-hybridized carbons (Fsp3) is 0.680. The Labute approximate surface area is 222 Å². The number of ether oxygens (including phenoxy) is 3. The highest BCUT2D eigenvalue weighted by Crippen LogP contribution is 2.48. The van der Waals surface area contributed by atoms with Gasteiger partial charge in [0.05, 0.1) is 13.2 Å². The molecule has 0 fully saturated rings. The highest BCUT2D eigenvalue weighted by molar-refractivity contribution is 5.72. The molecule has 0 aliphatic rings. The molecule has 0 aliphatic carbocycles. The standard InChI is InChI=1S/C25H34F7NO6/c1-4-37-20(21(34)35)15-18-7-9-19(10-8-18)38-14-13-33(22(36)39-16-17(2)3)12-6-5-11-23(26,27)24(28,29)25(30,31)32/h7-10,17,20H,4-6,11-16H2,1-3H3,(H,34,35). The van der Waals surface area contributed by atoms with E-state index in [-0.39, 0.29) is 51.7 Å². The molecule has 1 N–H and O–H groups in total. The van der Waals surface area contributed by atoms with Gasteiger partial charge in [-0.2, -0.15) is 30.7 Å². The highest BCUT2D eigenvalue weighted by Gasteiger charge is 2.72. The topological polar surface area (TPSA) is 85.3 Å². The molecular weight excluding hydrogens is 543 g/mol. The van der Waals surface area contributed by atoms with Crippen LogP contribution in [-0.2, 0) is 20.7 Å². The average Bonchev–Trinajstić information content (AvgIpc) is 2.83. The van der Waals surface area contributed by atoms with Crippen LogP contribution in [0.3, 0.4) is 0 Å². The number of alkyl halides is 7. The fourth-order valence-electron chi connectivity index (χ4n) is 3.27. The molecule has 39 heavy (non-hydrogen) atoms. The molecule has 7 nitrogen and oxygen atoms in total. The minimum atomic E-state index is -6.39. The Balaban J connectivity index is 2.69. The van der Waals surface area contributed by atoms with E-state index in [9.17, 15) is 45.4 Å². The van der Waals surface area contributed by atoms with Gasteiger partial charge in [-0.3, -0.25) is 0 Å². The Morgan fingerprint density at radius 3 is 2.10 bits per heavy atom. The van der Waals surface area contributed by atoms with Crippen LogP contribution in [0.15, 0.2) is 24.3 Å². The van der Waals surface area contributed by atoms with E-state index in [2.05, 4.69) is 0 Å². The summed E-state index contributed by atoms with van der Waals surface area (Å²) >= 11 is 0. The van der Waals surface area contributed by atoms with E-state index in [1.807, 2.05) is 0 Å². The normalized spacial score (nSPS) is 13.3. The molecule has 0 bridgehead atoms. The van der Waals surface area contributed by atoms with Crippen LogP contribution in [0.1, 0.15) is 45.6 Å². The number of benzene rings is 1. The molecule has 1 rings (SSSR count). The van der Waals surface area contributed by atoms with E-state index in [1.165, 1.54) is 0 Å². The molecule has 0 heterocycles. The summed E-state index contributed by atoms with van der Waals surface area (Å²) in [4.78, 5) is 24.7. The summed E-state index contributed by atoms with van der Waals surface area (Å²) < 4.78 is 106. The largest absolute Gasteiger partial charge is 0.492 e. The zero-order valence-corrected chi connectivity index (χ0v) is 21.9. The predicted octanol–water partition coefficient (Wildman–Crippen LogP) is 6.20. The van der Waals surface area contributed by atoms with Crippen LogP contribution in [0.4, 0.5) is 35.5 Å². The summed E-state index contributed by atoms with van der Waals surface area (Å²) in [5.41, 5.74) is 0.676. The zero-order valence-electron chi connectivity index (χ0n) is 21.9. The summed E-state index contributed by atoms with van der Waals surface area (Å²) in [6.45, 7) is 5.12. The van der Waals surface area contributed by atoms with Crippen molar-refractivity contribution >= 4 is 12.1 Å². The van der Waals surface area contributed by atoms with Gasteiger partial charge in [-0.05, 0) is 43.4 Å². The van der Waals surface area contributed by atoms with Crippen molar-refractivity contribution in [2.45, 2.75) is 70.6 Å². The van der Waals surface area contributed by atoms with Gasteiger partial charge < -0.3 is 24.2 Å². The first-order chi connectivity index (χ1) is 18.0. The predicted molar refractivity (Wildman–Crippen MR) is 126 cm³/mol. The third-order valence-corrected chi connectivity index (χ3v) is 5.40. The monoisotopic (exact) mass is 577 g/mol. The Morgan fingerprint density at radius 2 is 1.59 bits per heavy atom. The second kappa shape index (κ2) is 15.1. The van der Waals surface area contributed by atoms with Gasteiger partial charge in [0.25, 0.3) is 0 Å². The second-order valence-electron chi connectivity index (χ2n) is 9.17. The van der Waals surface area contributed by atoms with Crippen LogP contribution < -0.4 is 4.74 Å². The molecule has 14 heteroatoms. The summed E-state index contributed by atoms with van der Waals surface area (Å²) in [6, 6.07) is 6.42. The Hall–Kier alpha value is -2.77. The molecule has 1 atom stereocenters. The van der Waals surface area contributed by atoms with Crippen molar-refractivity contribution in [3.05, 3.63) is 29.8 Å². The third kappa shape index (κ3) is 11.1. The number of aliphatic carboxylic acids is 1. The van der Waals surface area contributed by atoms with Crippen LogP contribution in [0, 0.1) is 5.92 Å². The van der Waals surface area contributed by atoms with Crippen LogP contribution in [0.5, 0.6) is 5.75 Å². The number of rotatable bonds is 17. The lowest BCUT2D eigenvalue weighted by Crippen LogP contribution is -2.51. The average molecular weight is 578 g/mol. The van der Waals surface area contributed by atoms with Gasteiger partial charge in [-0.1, -0.05) is 26.0 Å². The van der Waals surface area contributed by atoms with Crippen molar-refractivity contribution in [3.8, 4) is 5.75 Å². The van der Waals surface area contributed by atoms with Crippen molar-refractivity contribution in [2.24, 2.45) is 5.92 Å². The quantitative estimate of drug-likeness (QED) is 0.176. The number of hydrogen-bond donors (Lipinski definition) is 1. The van der Waals surface area contributed by atoms with Gasteiger partial charge in [-0.15, -0.1) is 0 Å². The number of carboxylic acids is 1. The number of nitrogens with zero attached hydrogens (tertiary/aromatic N) is 1. The number of hydrogen-bond acceptors (Lipinski definition) is 5. The molecule has 1 aromatic carbocycles. The molecule has 1 unspecified atom stereocenters. The van der Waals surface area contributed by atoms with Crippen molar-refractivity contribution in [1.82, 2.24) is 4.90 Å². The van der Waals surface area contributed by atoms with Crippen molar-refractivity contribution in [2.75, 3.05) is 32.9 Å². The molecule has 1 aromatic rings. The Morgan fingerprint density at radius 1 is 0.974 bits per heavy atom. The second-order valence-corrected chi connectivity index (χ2v) is 9.17. The molecular formula is C25H34F7NO6. The lowest BCUT2D eigenvalue weighted by molar-refractivity contribution is -0.355. The van der Waals surface area contributed by atoms with Gasteiger partial charge in [0.15, 0.2) is 6.10 Å². The lowest BCUT2D eigenvalue weighted by atomic mass is 10.0. The maximum Gasteiger partial charge on any atom is 0.459 e. The maximum absolute atomic E-state index is 13.5. The highest BCUT2D eigenvalue weighted by atomic mass is 19.4. The summed E-state index contributed by atoms with van der Waals surface area (Å²) in [5, 5.41) is 9.18. The van der Waals surface area contributed by atoms with Gasteiger partial charge in [0.2, 0.25) is 0 Å². The number of carbonyl (C=O) groups is 2. The van der Waals surface area contributed by atoms with Gasteiger partial charge in [-0.25, -0.2) is 9.59 Å².